The quantitative estimate of drug-likeness (QED) is 0.570. The highest BCUT2D eigenvalue weighted by atomic mass is 79.9. The highest BCUT2D eigenvalue weighted by molar-refractivity contribution is 9.10. The number of aryl methyl sites for hydroxylation is 1. The van der Waals surface area contributed by atoms with Crippen molar-refractivity contribution in [3.05, 3.63) is 70.7 Å². The van der Waals surface area contributed by atoms with E-state index in [9.17, 15) is 4.79 Å². The van der Waals surface area contributed by atoms with Crippen LogP contribution in [0.3, 0.4) is 0 Å². The molecule has 0 aliphatic carbocycles. The van der Waals surface area contributed by atoms with Gasteiger partial charge in [0.1, 0.15) is 12.4 Å². The fourth-order valence-corrected chi connectivity index (χ4v) is 2.45. The summed E-state index contributed by atoms with van der Waals surface area (Å²) >= 11 is 8.59. The van der Waals surface area contributed by atoms with E-state index in [1.165, 1.54) is 0 Å². The van der Waals surface area contributed by atoms with Gasteiger partial charge < -0.3 is 10.1 Å². The molecule has 0 atom stereocenters. The van der Waals surface area contributed by atoms with Crippen LogP contribution in [0.25, 0.3) is 0 Å². The monoisotopic (exact) mass is 404 g/mol. The van der Waals surface area contributed by atoms with E-state index in [2.05, 4.69) is 33.1 Å². The molecule has 2 aromatic rings. The number of nitrogens with one attached hydrogen (secondary N) is 2. The zero-order valence-corrected chi connectivity index (χ0v) is 15.5. The van der Waals surface area contributed by atoms with Crippen LogP contribution in [0.1, 0.15) is 15.9 Å². The maximum absolute atomic E-state index is 12.2. The first kappa shape index (κ1) is 18.2. The Morgan fingerprint density at radius 3 is 2.62 bits per heavy atom. The topological polar surface area (TPSA) is 50.4 Å². The molecule has 0 aromatic heterocycles. The van der Waals surface area contributed by atoms with E-state index in [-0.39, 0.29) is 11.0 Å². The van der Waals surface area contributed by atoms with Gasteiger partial charge in [0.15, 0.2) is 5.11 Å². The highest BCUT2D eigenvalue weighted by Gasteiger charge is 2.09. The summed E-state index contributed by atoms with van der Waals surface area (Å²) in [5.41, 5.74) is 2.35. The summed E-state index contributed by atoms with van der Waals surface area (Å²) in [6.07, 6.45) is 1.68. The average molecular weight is 405 g/mol. The Bertz CT molecular complexity index is 760. The number of thiocarbonyl (C=S) groups is 1. The third-order valence-electron chi connectivity index (χ3n) is 3.14. The van der Waals surface area contributed by atoms with Crippen LogP contribution < -0.4 is 15.4 Å². The first-order chi connectivity index (χ1) is 11.5. The molecule has 0 radical (unpaired) electrons. The molecule has 0 aliphatic rings. The standard InChI is InChI=1S/C18H17BrN2O2S/c1-3-10-23-15-8-6-14(7-9-15)20-18(24)21-17(22)13-5-4-12(2)16(19)11-13/h3-9,11H,1,10H2,2H3,(H2,20,21,22,24). The summed E-state index contributed by atoms with van der Waals surface area (Å²) in [5, 5.41) is 5.85. The van der Waals surface area contributed by atoms with Crippen molar-refractivity contribution >= 4 is 44.9 Å². The van der Waals surface area contributed by atoms with Crippen LogP contribution >= 0.6 is 28.1 Å². The summed E-state index contributed by atoms with van der Waals surface area (Å²) < 4.78 is 6.28. The molecule has 1 amide bonds. The molecular weight excluding hydrogens is 388 g/mol. The maximum atomic E-state index is 12.2. The van der Waals surface area contributed by atoms with Crippen molar-refractivity contribution in [1.82, 2.24) is 5.32 Å². The Kier molecular flexibility index (Phi) is 6.52. The number of anilines is 1. The Morgan fingerprint density at radius 1 is 1.29 bits per heavy atom. The third kappa shape index (κ3) is 5.18. The Labute approximate surface area is 155 Å². The lowest BCUT2D eigenvalue weighted by atomic mass is 10.1. The van der Waals surface area contributed by atoms with Gasteiger partial charge in [0.05, 0.1) is 0 Å². The predicted molar refractivity (Wildman–Crippen MR) is 105 cm³/mol. The second-order valence-corrected chi connectivity index (χ2v) is 6.26. The number of carbonyl (C=O) groups excluding carboxylic acids is 1. The van der Waals surface area contributed by atoms with Gasteiger partial charge in [-0.2, -0.15) is 0 Å². The van der Waals surface area contributed by atoms with Gasteiger partial charge in [0.2, 0.25) is 0 Å². The van der Waals surface area contributed by atoms with Crippen LogP contribution in [-0.2, 0) is 0 Å². The fourth-order valence-electron chi connectivity index (χ4n) is 1.86. The molecule has 0 aliphatic heterocycles. The van der Waals surface area contributed by atoms with Gasteiger partial charge in [-0.15, -0.1) is 0 Å². The van der Waals surface area contributed by atoms with Crippen molar-refractivity contribution in [3.8, 4) is 5.75 Å². The number of benzene rings is 2. The van der Waals surface area contributed by atoms with Crippen molar-refractivity contribution in [2.75, 3.05) is 11.9 Å². The van der Waals surface area contributed by atoms with Gasteiger partial charge in [-0.1, -0.05) is 34.7 Å². The Balaban J connectivity index is 1.93. The van der Waals surface area contributed by atoms with E-state index >= 15 is 0 Å². The van der Waals surface area contributed by atoms with E-state index in [0.29, 0.717) is 12.2 Å². The lowest BCUT2D eigenvalue weighted by Crippen LogP contribution is -2.34. The van der Waals surface area contributed by atoms with Gasteiger partial charge >= 0.3 is 0 Å². The number of halogens is 1. The minimum Gasteiger partial charge on any atom is -0.490 e. The molecule has 24 heavy (non-hydrogen) atoms. The van der Waals surface area contributed by atoms with Crippen LogP contribution in [0.5, 0.6) is 5.75 Å². The molecule has 124 valence electrons. The number of amides is 1. The lowest BCUT2D eigenvalue weighted by molar-refractivity contribution is 0.0977. The van der Waals surface area contributed by atoms with E-state index in [1.807, 2.05) is 37.3 Å². The number of rotatable bonds is 5. The molecular formula is C18H17BrN2O2S. The Morgan fingerprint density at radius 2 is 2.00 bits per heavy atom. The summed E-state index contributed by atoms with van der Waals surface area (Å²) in [4.78, 5) is 12.2. The average Bonchev–Trinajstić information content (AvgIpc) is 2.56. The predicted octanol–water partition coefficient (Wildman–Crippen LogP) is 4.45. The molecule has 2 rings (SSSR count). The van der Waals surface area contributed by atoms with E-state index in [1.54, 1.807) is 18.2 Å². The number of hydrogen-bond donors (Lipinski definition) is 2. The van der Waals surface area contributed by atoms with E-state index < -0.39 is 0 Å². The van der Waals surface area contributed by atoms with Crippen LogP contribution in [0.2, 0.25) is 0 Å². The van der Waals surface area contributed by atoms with Gasteiger partial charge in [-0.3, -0.25) is 10.1 Å². The van der Waals surface area contributed by atoms with Gasteiger partial charge in [0.25, 0.3) is 5.91 Å². The molecule has 0 unspecified atom stereocenters. The van der Waals surface area contributed by atoms with Crippen molar-refractivity contribution in [2.24, 2.45) is 0 Å². The first-order valence-electron chi connectivity index (χ1n) is 7.22. The van der Waals surface area contributed by atoms with E-state index in [0.717, 1.165) is 21.5 Å². The van der Waals surface area contributed by atoms with Crippen molar-refractivity contribution in [1.29, 1.82) is 0 Å². The largest absolute Gasteiger partial charge is 0.490 e. The molecule has 0 heterocycles. The molecule has 0 fully saturated rings. The second-order valence-electron chi connectivity index (χ2n) is 5.00. The fraction of sp³-hybridized carbons (Fsp3) is 0.111. The summed E-state index contributed by atoms with van der Waals surface area (Å²) in [7, 11) is 0. The minimum absolute atomic E-state index is 0.233. The van der Waals surface area contributed by atoms with Crippen LogP contribution in [-0.4, -0.2) is 17.6 Å². The highest BCUT2D eigenvalue weighted by Crippen LogP contribution is 2.18. The molecule has 2 N–H and O–H groups in total. The molecule has 6 heteroatoms. The van der Waals surface area contributed by atoms with Crippen LogP contribution in [0.15, 0.2) is 59.6 Å². The maximum Gasteiger partial charge on any atom is 0.257 e. The Hall–Kier alpha value is -2.18. The van der Waals surface area contributed by atoms with Gasteiger partial charge in [-0.25, -0.2) is 0 Å². The van der Waals surface area contributed by atoms with Gasteiger partial charge in [0, 0.05) is 15.7 Å². The zero-order chi connectivity index (χ0) is 17.5. The molecule has 0 saturated carbocycles. The molecule has 4 nitrogen and oxygen atoms in total. The summed E-state index contributed by atoms with van der Waals surface area (Å²) in [5.74, 6) is 0.471. The van der Waals surface area contributed by atoms with E-state index in [4.69, 9.17) is 17.0 Å². The first-order valence-corrected chi connectivity index (χ1v) is 8.42. The van der Waals surface area contributed by atoms with Crippen LogP contribution in [0.4, 0.5) is 5.69 Å². The van der Waals surface area contributed by atoms with Crippen molar-refractivity contribution in [2.45, 2.75) is 6.92 Å². The molecule has 0 spiro atoms. The van der Waals surface area contributed by atoms with Gasteiger partial charge in [-0.05, 0) is 61.1 Å². The number of hydrogen-bond acceptors (Lipinski definition) is 3. The third-order valence-corrected chi connectivity index (χ3v) is 4.20. The SMILES string of the molecule is C=CCOc1ccc(NC(=S)NC(=O)c2ccc(C)c(Br)c2)cc1. The summed E-state index contributed by atoms with van der Waals surface area (Å²) in [6.45, 7) is 6.01. The normalized spacial score (nSPS) is 9.92. The van der Waals surface area contributed by atoms with Crippen molar-refractivity contribution in [3.63, 3.8) is 0 Å². The summed E-state index contributed by atoms with van der Waals surface area (Å²) in [6, 6.07) is 12.7. The zero-order valence-electron chi connectivity index (χ0n) is 13.1. The smallest absolute Gasteiger partial charge is 0.257 e. The lowest BCUT2D eigenvalue weighted by Gasteiger charge is -2.11. The van der Waals surface area contributed by atoms with Crippen LogP contribution in [0, 0.1) is 6.92 Å². The van der Waals surface area contributed by atoms with Crippen molar-refractivity contribution < 1.29 is 9.53 Å². The number of ether oxygens (including phenoxy) is 1. The molecule has 0 bridgehead atoms. The molecule has 2 aromatic carbocycles. The number of carbonyl (C=O) groups is 1. The molecule has 0 saturated heterocycles. The second kappa shape index (κ2) is 8.61. The minimum atomic E-state index is -0.265.